The number of aryl methyl sites for hydroxylation is 4. The zero-order valence-electron chi connectivity index (χ0n) is 17.6. The second-order valence-corrected chi connectivity index (χ2v) is 7.27. The highest BCUT2D eigenvalue weighted by Gasteiger charge is 2.07. The van der Waals surface area contributed by atoms with Gasteiger partial charge in [-0.2, -0.15) is 0 Å². The topological polar surface area (TPSA) is 68.2 Å². The van der Waals surface area contributed by atoms with Gasteiger partial charge in [0.15, 0.2) is 0 Å². The first kappa shape index (κ1) is 21.4. The summed E-state index contributed by atoms with van der Waals surface area (Å²) in [5.74, 6) is 2.54. The van der Waals surface area contributed by atoms with E-state index in [4.69, 9.17) is 14.2 Å². The van der Waals surface area contributed by atoms with Crippen LogP contribution < -0.4 is 14.2 Å². The predicted octanol–water partition coefficient (Wildman–Crippen LogP) is 4.69. The molecule has 0 unspecified atom stereocenters. The van der Waals surface area contributed by atoms with Crippen LogP contribution in [0, 0.1) is 0 Å². The molecule has 0 aliphatic heterocycles. The lowest BCUT2D eigenvalue weighted by Gasteiger charge is -2.11. The van der Waals surface area contributed by atoms with Gasteiger partial charge in [0.05, 0.1) is 21.3 Å². The van der Waals surface area contributed by atoms with Crippen LogP contribution in [0.3, 0.4) is 0 Å². The third-order valence-electron chi connectivity index (χ3n) is 5.04. The molecule has 0 radical (unpaired) electrons. The van der Waals surface area contributed by atoms with E-state index in [0.29, 0.717) is 11.5 Å². The lowest BCUT2D eigenvalue weighted by Crippen LogP contribution is -1.98. The maximum absolute atomic E-state index is 9.86. The molecule has 2 N–H and O–H groups in total. The van der Waals surface area contributed by atoms with E-state index in [1.807, 2.05) is 24.3 Å². The largest absolute Gasteiger partial charge is 0.508 e. The second kappa shape index (κ2) is 9.92. The van der Waals surface area contributed by atoms with Gasteiger partial charge in [0, 0.05) is 12.1 Å². The molecule has 3 aromatic rings. The molecular weight excluding hydrogens is 380 g/mol. The molecule has 0 heterocycles. The van der Waals surface area contributed by atoms with Gasteiger partial charge < -0.3 is 24.4 Å². The Morgan fingerprint density at radius 1 is 0.467 bits per heavy atom. The molecule has 5 heteroatoms. The van der Waals surface area contributed by atoms with Gasteiger partial charge in [-0.3, -0.25) is 0 Å². The van der Waals surface area contributed by atoms with E-state index in [1.54, 1.807) is 45.6 Å². The highest BCUT2D eigenvalue weighted by molar-refractivity contribution is 5.40. The molecule has 0 bridgehead atoms. The fraction of sp³-hybridized carbons (Fsp3) is 0.280. The van der Waals surface area contributed by atoms with Crippen LogP contribution in [0.4, 0.5) is 0 Å². The Morgan fingerprint density at radius 2 is 0.767 bits per heavy atom. The summed E-state index contributed by atoms with van der Waals surface area (Å²) in [7, 11) is 4.85. The van der Waals surface area contributed by atoms with Crippen molar-refractivity contribution in [2.75, 3.05) is 21.3 Å². The summed E-state index contributed by atoms with van der Waals surface area (Å²) in [5.41, 5.74) is 4.37. The zero-order chi connectivity index (χ0) is 21.5. The maximum Gasteiger partial charge on any atom is 0.122 e. The molecule has 158 valence electrons. The smallest absolute Gasteiger partial charge is 0.122 e. The van der Waals surface area contributed by atoms with Crippen molar-refractivity contribution < 1.29 is 24.4 Å². The Kier molecular flexibility index (Phi) is 7.07. The summed E-state index contributed by atoms with van der Waals surface area (Å²) in [4.78, 5) is 0. The first-order valence-electron chi connectivity index (χ1n) is 9.89. The summed E-state index contributed by atoms with van der Waals surface area (Å²) in [6, 6.07) is 16.9. The lowest BCUT2D eigenvalue weighted by atomic mass is 9.98. The summed E-state index contributed by atoms with van der Waals surface area (Å²) in [6.07, 6.45) is 3.19. The van der Waals surface area contributed by atoms with Crippen LogP contribution in [0.25, 0.3) is 0 Å². The first-order valence-corrected chi connectivity index (χ1v) is 9.89. The standard InChI is InChI=1S/C25H28O5/c1-28-23-11-17(4-6-19-9-21(26)15-24(13-19)29-2)8-18(12-23)5-7-20-10-22(27)16-25(14-20)30-3/h8-16,26-27H,4-7H2,1-3H3. The highest BCUT2D eigenvalue weighted by Crippen LogP contribution is 2.26. The van der Waals surface area contributed by atoms with Crippen LogP contribution in [0.2, 0.25) is 0 Å². The van der Waals surface area contributed by atoms with Crippen molar-refractivity contribution in [3.8, 4) is 28.7 Å². The number of benzene rings is 3. The molecule has 0 atom stereocenters. The number of hydrogen-bond acceptors (Lipinski definition) is 5. The quantitative estimate of drug-likeness (QED) is 0.537. The van der Waals surface area contributed by atoms with Gasteiger partial charge >= 0.3 is 0 Å². The maximum atomic E-state index is 9.86. The molecule has 0 saturated heterocycles. The van der Waals surface area contributed by atoms with Crippen LogP contribution in [-0.2, 0) is 25.7 Å². The SMILES string of the molecule is COc1cc(O)cc(CCc2cc(CCc3cc(O)cc(OC)c3)cc(OC)c2)c1. The summed E-state index contributed by atoms with van der Waals surface area (Å²) in [6.45, 7) is 0. The normalized spacial score (nSPS) is 10.6. The molecule has 0 aliphatic carbocycles. The van der Waals surface area contributed by atoms with Gasteiger partial charge in [0.25, 0.3) is 0 Å². The number of rotatable bonds is 9. The Bertz CT molecular complexity index is 921. The molecule has 30 heavy (non-hydrogen) atoms. The van der Waals surface area contributed by atoms with Crippen molar-refractivity contribution in [3.63, 3.8) is 0 Å². The molecule has 3 aromatic carbocycles. The molecule has 0 aromatic heterocycles. The summed E-state index contributed by atoms with van der Waals surface area (Å²) in [5, 5.41) is 19.7. The van der Waals surface area contributed by atoms with E-state index in [1.165, 1.54) is 11.1 Å². The average molecular weight is 408 g/mol. The molecule has 0 spiro atoms. The number of hydrogen-bond donors (Lipinski definition) is 2. The molecule has 0 aliphatic rings. The van der Waals surface area contributed by atoms with Crippen molar-refractivity contribution in [1.82, 2.24) is 0 Å². The van der Waals surface area contributed by atoms with E-state index in [9.17, 15) is 10.2 Å². The van der Waals surface area contributed by atoms with Gasteiger partial charge in [-0.05, 0) is 84.3 Å². The lowest BCUT2D eigenvalue weighted by molar-refractivity contribution is 0.406. The fourth-order valence-corrected chi connectivity index (χ4v) is 3.52. The molecular formula is C25H28O5. The van der Waals surface area contributed by atoms with Crippen LogP contribution in [0.1, 0.15) is 22.3 Å². The van der Waals surface area contributed by atoms with E-state index < -0.39 is 0 Å². The fourth-order valence-electron chi connectivity index (χ4n) is 3.52. The van der Waals surface area contributed by atoms with Crippen molar-refractivity contribution in [3.05, 3.63) is 76.9 Å². The molecule has 3 rings (SSSR count). The van der Waals surface area contributed by atoms with Crippen LogP contribution >= 0.6 is 0 Å². The van der Waals surface area contributed by atoms with Gasteiger partial charge in [-0.1, -0.05) is 6.07 Å². The summed E-state index contributed by atoms with van der Waals surface area (Å²) < 4.78 is 16.0. The Hall–Kier alpha value is -3.34. The van der Waals surface area contributed by atoms with Crippen molar-refractivity contribution in [2.24, 2.45) is 0 Å². The zero-order valence-corrected chi connectivity index (χ0v) is 17.6. The number of ether oxygens (including phenoxy) is 3. The molecule has 0 saturated carbocycles. The number of aromatic hydroxyl groups is 2. The monoisotopic (exact) mass is 408 g/mol. The van der Waals surface area contributed by atoms with Gasteiger partial charge in [0.1, 0.15) is 28.7 Å². The van der Waals surface area contributed by atoms with Crippen LogP contribution in [-0.4, -0.2) is 31.5 Å². The third-order valence-corrected chi connectivity index (χ3v) is 5.04. The number of phenols is 2. The Morgan fingerprint density at radius 3 is 1.10 bits per heavy atom. The van der Waals surface area contributed by atoms with Crippen molar-refractivity contribution in [2.45, 2.75) is 25.7 Å². The minimum absolute atomic E-state index is 0.206. The minimum Gasteiger partial charge on any atom is -0.508 e. The molecule has 5 nitrogen and oxygen atoms in total. The third kappa shape index (κ3) is 5.83. The molecule has 0 fully saturated rings. The van der Waals surface area contributed by atoms with Crippen molar-refractivity contribution in [1.29, 1.82) is 0 Å². The molecule has 0 amide bonds. The first-order chi connectivity index (χ1) is 14.5. The van der Waals surface area contributed by atoms with Crippen LogP contribution in [0.5, 0.6) is 28.7 Å². The Labute approximate surface area is 177 Å². The second-order valence-electron chi connectivity index (χ2n) is 7.27. The van der Waals surface area contributed by atoms with E-state index in [0.717, 1.165) is 42.6 Å². The van der Waals surface area contributed by atoms with E-state index >= 15 is 0 Å². The van der Waals surface area contributed by atoms with Crippen molar-refractivity contribution >= 4 is 0 Å². The summed E-state index contributed by atoms with van der Waals surface area (Å²) >= 11 is 0. The van der Waals surface area contributed by atoms with E-state index in [-0.39, 0.29) is 11.5 Å². The minimum atomic E-state index is 0.206. The Balaban J connectivity index is 1.72. The highest BCUT2D eigenvalue weighted by atomic mass is 16.5. The van der Waals surface area contributed by atoms with Gasteiger partial charge in [-0.15, -0.1) is 0 Å². The number of phenolic OH excluding ortho intramolecular Hbond substituents is 2. The van der Waals surface area contributed by atoms with Crippen LogP contribution in [0.15, 0.2) is 54.6 Å². The average Bonchev–Trinajstić information content (AvgIpc) is 2.75. The van der Waals surface area contributed by atoms with Gasteiger partial charge in [0.2, 0.25) is 0 Å². The van der Waals surface area contributed by atoms with Gasteiger partial charge in [-0.25, -0.2) is 0 Å². The van der Waals surface area contributed by atoms with E-state index in [2.05, 4.69) is 6.07 Å². The predicted molar refractivity (Wildman–Crippen MR) is 117 cm³/mol. The number of methoxy groups -OCH3 is 3.